The Hall–Kier alpha value is -1.07. The molecule has 0 saturated carbocycles. The predicted octanol–water partition coefficient (Wildman–Crippen LogP) is 3.28. The summed E-state index contributed by atoms with van der Waals surface area (Å²) in [4.78, 5) is 3.90. The Labute approximate surface area is 93.7 Å². The zero-order chi connectivity index (χ0) is 9.97. The van der Waals surface area contributed by atoms with Crippen LogP contribution in [0.25, 0.3) is 0 Å². The largest absolute Gasteiger partial charge is 0.444 e. The van der Waals surface area contributed by atoms with Crippen molar-refractivity contribution < 1.29 is 4.74 Å². The van der Waals surface area contributed by atoms with E-state index in [0.717, 1.165) is 10.2 Å². The standard InChI is InChI=1S/C9H7BrN2OS/c10-6-3-1-2-4-7(6)13-8-5-12-9(11)14-8/h1-5H,(H2,11,12). The minimum Gasteiger partial charge on any atom is -0.444 e. The Bertz CT molecular complexity index is 444. The first-order valence-electron chi connectivity index (χ1n) is 3.89. The van der Waals surface area contributed by atoms with Crippen LogP contribution in [0.15, 0.2) is 34.9 Å². The van der Waals surface area contributed by atoms with Gasteiger partial charge in [-0.1, -0.05) is 23.5 Å². The van der Waals surface area contributed by atoms with Crippen molar-refractivity contribution in [1.82, 2.24) is 4.98 Å². The van der Waals surface area contributed by atoms with Crippen molar-refractivity contribution in [2.45, 2.75) is 0 Å². The van der Waals surface area contributed by atoms with Crippen LogP contribution >= 0.6 is 27.3 Å². The second-order valence-electron chi connectivity index (χ2n) is 2.55. The van der Waals surface area contributed by atoms with Crippen molar-refractivity contribution in [3.63, 3.8) is 0 Å². The van der Waals surface area contributed by atoms with Gasteiger partial charge in [-0.15, -0.1) is 0 Å². The molecule has 2 aromatic rings. The lowest BCUT2D eigenvalue weighted by Crippen LogP contribution is -1.81. The van der Waals surface area contributed by atoms with Crippen molar-refractivity contribution in [2.24, 2.45) is 0 Å². The van der Waals surface area contributed by atoms with Crippen molar-refractivity contribution in [1.29, 1.82) is 0 Å². The summed E-state index contributed by atoms with van der Waals surface area (Å²) >= 11 is 4.70. The normalized spacial score (nSPS) is 10.1. The van der Waals surface area contributed by atoms with Crippen LogP contribution in [0.3, 0.4) is 0 Å². The summed E-state index contributed by atoms with van der Waals surface area (Å²) in [5, 5.41) is 1.20. The summed E-state index contributed by atoms with van der Waals surface area (Å²) in [5.41, 5.74) is 5.49. The van der Waals surface area contributed by atoms with Crippen LogP contribution in [-0.4, -0.2) is 4.98 Å². The average Bonchev–Trinajstić information content (AvgIpc) is 2.56. The van der Waals surface area contributed by atoms with Gasteiger partial charge >= 0.3 is 0 Å². The summed E-state index contributed by atoms with van der Waals surface area (Å²) < 4.78 is 6.47. The predicted molar refractivity (Wildman–Crippen MR) is 60.7 cm³/mol. The number of nitrogens with two attached hydrogens (primary N) is 1. The fourth-order valence-electron chi connectivity index (χ4n) is 0.955. The highest BCUT2D eigenvalue weighted by molar-refractivity contribution is 9.10. The lowest BCUT2D eigenvalue weighted by atomic mass is 10.3. The quantitative estimate of drug-likeness (QED) is 0.911. The molecule has 0 aliphatic heterocycles. The van der Waals surface area contributed by atoms with E-state index in [1.54, 1.807) is 6.20 Å². The van der Waals surface area contributed by atoms with E-state index in [2.05, 4.69) is 20.9 Å². The highest BCUT2D eigenvalue weighted by atomic mass is 79.9. The van der Waals surface area contributed by atoms with E-state index < -0.39 is 0 Å². The van der Waals surface area contributed by atoms with E-state index in [1.165, 1.54) is 11.3 Å². The maximum atomic E-state index is 5.56. The number of benzene rings is 1. The molecule has 1 heterocycles. The molecule has 0 saturated heterocycles. The Kier molecular flexibility index (Phi) is 2.69. The van der Waals surface area contributed by atoms with Gasteiger partial charge in [-0.3, -0.25) is 0 Å². The van der Waals surface area contributed by atoms with Crippen LogP contribution in [0.2, 0.25) is 0 Å². The summed E-state index contributed by atoms with van der Waals surface area (Å²) in [6.07, 6.45) is 1.61. The summed E-state index contributed by atoms with van der Waals surface area (Å²) in [7, 11) is 0. The topological polar surface area (TPSA) is 48.1 Å². The third-order valence-corrected chi connectivity index (χ3v) is 2.91. The van der Waals surface area contributed by atoms with E-state index in [0.29, 0.717) is 10.2 Å². The third-order valence-electron chi connectivity index (χ3n) is 1.55. The average molecular weight is 271 g/mol. The molecule has 2 N–H and O–H groups in total. The SMILES string of the molecule is Nc1ncc(Oc2ccccc2Br)s1. The number of anilines is 1. The van der Waals surface area contributed by atoms with Crippen molar-refractivity contribution in [2.75, 3.05) is 5.73 Å². The molecule has 2 rings (SSSR count). The number of thiazole rings is 1. The van der Waals surface area contributed by atoms with Gasteiger partial charge < -0.3 is 10.5 Å². The van der Waals surface area contributed by atoms with Gasteiger partial charge in [0.05, 0.1) is 10.7 Å². The van der Waals surface area contributed by atoms with Gasteiger partial charge in [0, 0.05) is 0 Å². The Morgan fingerprint density at radius 2 is 2.14 bits per heavy atom. The number of aromatic nitrogens is 1. The van der Waals surface area contributed by atoms with E-state index >= 15 is 0 Å². The molecule has 0 atom stereocenters. The third kappa shape index (κ3) is 2.05. The minimum absolute atomic E-state index is 0.507. The number of nitrogens with zero attached hydrogens (tertiary/aromatic N) is 1. The van der Waals surface area contributed by atoms with Crippen LogP contribution in [0.5, 0.6) is 10.8 Å². The molecule has 14 heavy (non-hydrogen) atoms. The highest BCUT2D eigenvalue weighted by Gasteiger charge is 2.03. The minimum atomic E-state index is 0.507. The Balaban J connectivity index is 2.23. The number of halogens is 1. The zero-order valence-corrected chi connectivity index (χ0v) is 9.51. The number of rotatable bonds is 2. The number of para-hydroxylation sites is 1. The zero-order valence-electron chi connectivity index (χ0n) is 7.11. The number of hydrogen-bond acceptors (Lipinski definition) is 4. The monoisotopic (exact) mass is 270 g/mol. The molecule has 3 nitrogen and oxygen atoms in total. The highest BCUT2D eigenvalue weighted by Crippen LogP contribution is 2.32. The second kappa shape index (κ2) is 3.98. The fraction of sp³-hybridized carbons (Fsp3) is 0. The molecular formula is C9H7BrN2OS. The number of nitrogen functional groups attached to an aromatic ring is 1. The summed E-state index contributed by atoms with van der Waals surface area (Å²) in [5.74, 6) is 0.760. The van der Waals surface area contributed by atoms with E-state index in [4.69, 9.17) is 10.5 Å². The van der Waals surface area contributed by atoms with Crippen LogP contribution < -0.4 is 10.5 Å². The van der Waals surface area contributed by atoms with Crippen molar-refractivity contribution >= 4 is 32.4 Å². The molecule has 0 spiro atoms. The van der Waals surface area contributed by atoms with Crippen molar-refractivity contribution in [3.8, 4) is 10.8 Å². The molecule has 72 valence electrons. The van der Waals surface area contributed by atoms with Crippen molar-refractivity contribution in [3.05, 3.63) is 34.9 Å². The molecule has 0 aliphatic carbocycles. The van der Waals surface area contributed by atoms with Gasteiger partial charge in [0.2, 0.25) is 5.06 Å². The Morgan fingerprint density at radius 1 is 1.36 bits per heavy atom. The summed E-state index contributed by atoms with van der Waals surface area (Å²) in [6, 6.07) is 7.63. The maximum Gasteiger partial charge on any atom is 0.202 e. The van der Waals surface area contributed by atoms with Gasteiger partial charge in [0.15, 0.2) is 5.13 Å². The van der Waals surface area contributed by atoms with E-state index in [9.17, 15) is 0 Å². The first kappa shape index (κ1) is 9.48. The second-order valence-corrected chi connectivity index (χ2v) is 4.43. The van der Waals surface area contributed by atoms with Crippen LogP contribution in [0, 0.1) is 0 Å². The van der Waals surface area contributed by atoms with Gasteiger partial charge in [-0.25, -0.2) is 4.98 Å². The molecular weight excluding hydrogens is 264 g/mol. The first-order chi connectivity index (χ1) is 6.75. The van der Waals surface area contributed by atoms with Crippen LogP contribution in [-0.2, 0) is 0 Å². The van der Waals surface area contributed by atoms with Gasteiger partial charge in [-0.2, -0.15) is 0 Å². The van der Waals surface area contributed by atoms with Crippen LogP contribution in [0.1, 0.15) is 0 Å². The molecule has 0 unspecified atom stereocenters. The maximum absolute atomic E-state index is 5.56. The smallest absolute Gasteiger partial charge is 0.202 e. The number of ether oxygens (including phenoxy) is 1. The summed E-state index contributed by atoms with van der Waals surface area (Å²) in [6.45, 7) is 0. The molecule has 0 aliphatic rings. The fourth-order valence-corrected chi connectivity index (χ4v) is 1.87. The number of hydrogen-bond donors (Lipinski definition) is 1. The lowest BCUT2D eigenvalue weighted by molar-refractivity contribution is 0.492. The Morgan fingerprint density at radius 3 is 2.79 bits per heavy atom. The lowest BCUT2D eigenvalue weighted by Gasteiger charge is -2.03. The molecule has 0 amide bonds. The van der Waals surface area contributed by atoms with Crippen LogP contribution in [0.4, 0.5) is 5.13 Å². The van der Waals surface area contributed by atoms with E-state index in [1.807, 2.05) is 24.3 Å². The first-order valence-corrected chi connectivity index (χ1v) is 5.50. The van der Waals surface area contributed by atoms with Gasteiger partial charge in [-0.05, 0) is 28.1 Å². The van der Waals surface area contributed by atoms with Gasteiger partial charge in [0.25, 0.3) is 0 Å². The molecule has 0 bridgehead atoms. The molecule has 1 aromatic heterocycles. The molecule has 0 fully saturated rings. The molecule has 0 radical (unpaired) electrons. The molecule has 5 heteroatoms. The van der Waals surface area contributed by atoms with Gasteiger partial charge in [0.1, 0.15) is 5.75 Å². The molecule has 1 aromatic carbocycles. The van der Waals surface area contributed by atoms with E-state index in [-0.39, 0.29) is 0 Å².